The van der Waals surface area contributed by atoms with E-state index in [-0.39, 0.29) is 47.2 Å². The summed E-state index contributed by atoms with van der Waals surface area (Å²) in [7, 11) is 0. The van der Waals surface area contributed by atoms with E-state index in [1.165, 1.54) is 58.3 Å². The Bertz CT molecular complexity index is 304. The molecule has 1 atom stereocenters. The monoisotopic (exact) mass is 355 g/mol. The van der Waals surface area contributed by atoms with E-state index in [0.717, 1.165) is 12.8 Å². The molecule has 1 N–H and O–H groups in total. The summed E-state index contributed by atoms with van der Waals surface area (Å²) in [6.45, 7) is 4.05. The van der Waals surface area contributed by atoms with Gasteiger partial charge in [-0.15, -0.1) is 0 Å². The molecule has 6 heteroatoms. The number of carbonyl (C=O) groups is 2. The second-order valence-corrected chi connectivity index (χ2v) is 6.15. The van der Waals surface area contributed by atoms with Gasteiger partial charge in [-0.3, -0.25) is 4.79 Å². The third kappa shape index (κ3) is 16.9. The van der Waals surface area contributed by atoms with Crippen LogP contribution in [0.1, 0.15) is 78.1 Å². The van der Waals surface area contributed by atoms with Crippen molar-refractivity contribution in [2.24, 2.45) is 0 Å². The maximum absolute atomic E-state index is 11.7. The van der Waals surface area contributed by atoms with Gasteiger partial charge in [0.25, 0.3) is 0 Å². The SMILES string of the molecule is CCCCCCCCCCCCOC(=O)[C@H](CS)NC(C)=O.[NaH]. The molecular formula is C17H34NNaO3S. The van der Waals surface area contributed by atoms with Crippen molar-refractivity contribution >= 4 is 54.1 Å². The number of nitrogens with one attached hydrogen (secondary N) is 1. The number of hydrogen-bond acceptors (Lipinski definition) is 4. The van der Waals surface area contributed by atoms with Crippen LogP contribution in [0.4, 0.5) is 0 Å². The summed E-state index contributed by atoms with van der Waals surface area (Å²) < 4.78 is 5.17. The summed E-state index contributed by atoms with van der Waals surface area (Å²) in [5.74, 6) is -0.368. The van der Waals surface area contributed by atoms with Crippen molar-refractivity contribution in [3.05, 3.63) is 0 Å². The van der Waals surface area contributed by atoms with Crippen molar-refractivity contribution in [3.63, 3.8) is 0 Å². The van der Waals surface area contributed by atoms with E-state index in [1.807, 2.05) is 0 Å². The van der Waals surface area contributed by atoms with E-state index in [0.29, 0.717) is 6.61 Å². The Morgan fingerprint density at radius 1 is 0.957 bits per heavy atom. The molecule has 4 nitrogen and oxygen atoms in total. The predicted octanol–water partition coefficient (Wildman–Crippen LogP) is 3.24. The molecule has 0 aliphatic rings. The van der Waals surface area contributed by atoms with E-state index in [9.17, 15) is 9.59 Å². The Hall–Kier alpha value is 0.290. The number of esters is 1. The maximum atomic E-state index is 11.7. The molecule has 0 aromatic rings. The first-order valence-electron chi connectivity index (χ1n) is 8.66. The summed E-state index contributed by atoms with van der Waals surface area (Å²) in [5.41, 5.74) is 0. The molecule has 0 heterocycles. The Morgan fingerprint density at radius 3 is 1.87 bits per heavy atom. The Morgan fingerprint density at radius 2 is 1.43 bits per heavy atom. The van der Waals surface area contributed by atoms with Crippen molar-refractivity contribution in [2.45, 2.75) is 84.1 Å². The minimum absolute atomic E-state index is 0. The van der Waals surface area contributed by atoms with Gasteiger partial charge in [0.1, 0.15) is 6.04 Å². The van der Waals surface area contributed by atoms with E-state index in [2.05, 4.69) is 24.9 Å². The Labute approximate surface area is 169 Å². The molecule has 0 saturated heterocycles. The first-order valence-corrected chi connectivity index (χ1v) is 9.29. The fourth-order valence-corrected chi connectivity index (χ4v) is 2.53. The number of carbonyl (C=O) groups excluding carboxylic acids is 2. The van der Waals surface area contributed by atoms with Crippen molar-refractivity contribution in [1.29, 1.82) is 0 Å². The van der Waals surface area contributed by atoms with Crippen LogP contribution in [0.25, 0.3) is 0 Å². The topological polar surface area (TPSA) is 55.4 Å². The quantitative estimate of drug-likeness (QED) is 0.218. The molecule has 0 aliphatic heterocycles. The number of thiol groups is 1. The molecule has 0 radical (unpaired) electrons. The van der Waals surface area contributed by atoms with Gasteiger partial charge in [0.15, 0.2) is 0 Å². The second kappa shape index (κ2) is 18.6. The van der Waals surface area contributed by atoms with Crippen molar-refractivity contribution < 1.29 is 14.3 Å². The third-order valence-corrected chi connectivity index (χ3v) is 3.95. The fourth-order valence-electron chi connectivity index (χ4n) is 2.29. The Balaban J connectivity index is 0. The molecule has 0 saturated carbocycles. The molecule has 1 amide bonds. The molecule has 23 heavy (non-hydrogen) atoms. The van der Waals surface area contributed by atoms with Crippen LogP contribution in [-0.4, -0.2) is 59.8 Å². The molecule has 0 bridgehead atoms. The molecule has 0 unspecified atom stereocenters. The van der Waals surface area contributed by atoms with Crippen LogP contribution >= 0.6 is 12.6 Å². The van der Waals surface area contributed by atoms with Crippen LogP contribution in [0.15, 0.2) is 0 Å². The van der Waals surface area contributed by atoms with E-state index in [4.69, 9.17) is 4.74 Å². The van der Waals surface area contributed by atoms with Gasteiger partial charge in [-0.1, -0.05) is 64.7 Å². The average molecular weight is 356 g/mol. The van der Waals surface area contributed by atoms with Gasteiger partial charge in [0.2, 0.25) is 5.91 Å². The number of unbranched alkanes of at least 4 members (excludes halogenated alkanes) is 9. The van der Waals surface area contributed by atoms with Crippen LogP contribution < -0.4 is 5.32 Å². The van der Waals surface area contributed by atoms with E-state index < -0.39 is 6.04 Å². The third-order valence-electron chi connectivity index (χ3n) is 3.59. The van der Waals surface area contributed by atoms with Gasteiger partial charge >= 0.3 is 35.5 Å². The molecule has 0 fully saturated rings. The molecule has 0 aliphatic carbocycles. The van der Waals surface area contributed by atoms with Crippen molar-refractivity contribution in [3.8, 4) is 0 Å². The first-order chi connectivity index (χ1) is 10.6. The van der Waals surface area contributed by atoms with Crippen LogP contribution in [0.2, 0.25) is 0 Å². The fraction of sp³-hybridized carbons (Fsp3) is 0.882. The average Bonchev–Trinajstić information content (AvgIpc) is 2.49. The minimum atomic E-state index is -0.635. The summed E-state index contributed by atoms with van der Waals surface area (Å²) in [6.07, 6.45) is 12.5. The van der Waals surface area contributed by atoms with Gasteiger partial charge in [0.05, 0.1) is 6.61 Å². The number of amides is 1. The zero-order valence-corrected chi connectivity index (χ0v) is 15.1. The number of ether oxygens (including phenoxy) is 1. The zero-order valence-electron chi connectivity index (χ0n) is 14.2. The van der Waals surface area contributed by atoms with Gasteiger partial charge in [-0.05, 0) is 6.42 Å². The molecular weight excluding hydrogens is 321 g/mol. The molecule has 0 aromatic heterocycles. The molecule has 132 valence electrons. The van der Waals surface area contributed by atoms with Gasteiger partial charge in [0, 0.05) is 12.7 Å². The van der Waals surface area contributed by atoms with Gasteiger partial charge in [-0.25, -0.2) is 4.79 Å². The summed E-state index contributed by atoms with van der Waals surface area (Å²) >= 11 is 4.05. The van der Waals surface area contributed by atoms with Crippen molar-refractivity contribution in [2.75, 3.05) is 12.4 Å². The normalized spacial score (nSPS) is 11.4. The van der Waals surface area contributed by atoms with E-state index in [1.54, 1.807) is 0 Å². The summed E-state index contributed by atoms with van der Waals surface area (Å²) in [6, 6.07) is -0.635. The number of hydrogen-bond donors (Lipinski definition) is 2. The van der Waals surface area contributed by atoms with Crippen LogP contribution in [0, 0.1) is 0 Å². The molecule has 0 aromatic carbocycles. The summed E-state index contributed by atoms with van der Waals surface area (Å²) in [4.78, 5) is 22.6. The molecule has 0 rings (SSSR count). The van der Waals surface area contributed by atoms with Crippen molar-refractivity contribution in [1.82, 2.24) is 5.32 Å². The van der Waals surface area contributed by atoms with Crippen LogP contribution in [0.5, 0.6) is 0 Å². The zero-order chi connectivity index (χ0) is 16.6. The van der Waals surface area contributed by atoms with E-state index >= 15 is 0 Å². The van der Waals surface area contributed by atoms with Gasteiger partial charge in [-0.2, -0.15) is 12.6 Å². The number of rotatable bonds is 14. The summed E-state index contributed by atoms with van der Waals surface area (Å²) in [5, 5.41) is 2.53. The standard InChI is InChI=1S/C17H33NO3S.Na.H/c1-3-4-5-6-7-8-9-10-11-12-13-21-17(20)16(14-22)18-15(2)19;;/h16,22H,3-14H2,1-2H3,(H,18,19);;/t16-;;/m0../s1. The van der Waals surface area contributed by atoms with Crippen LogP contribution in [0.3, 0.4) is 0 Å². The second-order valence-electron chi connectivity index (χ2n) is 5.79. The molecule has 0 spiro atoms. The van der Waals surface area contributed by atoms with Gasteiger partial charge < -0.3 is 10.1 Å². The predicted molar refractivity (Wildman–Crippen MR) is 101 cm³/mol. The van der Waals surface area contributed by atoms with Crippen LogP contribution in [-0.2, 0) is 14.3 Å². The first kappa shape index (κ1) is 25.5. The Kier molecular flexibility index (Phi) is 20.7.